The van der Waals surface area contributed by atoms with Crippen molar-refractivity contribution in [3.8, 4) is 5.88 Å². The van der Waals surface area contributed by atoms with E-state index in [0.29, 0.717) is 29.9 Å². The van der Waals surface area contributed by atoms with E-state index in [2.05, 4.69) is 21.9 Å². The molecule has 18 heavy (non-hydrogen) atoms. The molecule has 1 aromatic heterocycles. The minimum Gasteiger partial charge on any atom is -0.476 e. The van der Waals surface area contributed by atoms with Crippen LogP contribution in [0.5, 0.6) is 5.88 Å². The van der Waals surface area contributed by atoms with Crippen molar-refractivity contribution in [2.24, 2.45) is 0 Å². The summed E-state index contributed by atoms with van der Waals surface area (Å²) in [6.45, 7) is 3.57. The smallest absolute Gasteiger partial charge is 0.241 e. The number of likely N-dealkylation sites (tertiary alicyclic amines) is 1. The largest absolute Gasteiger partial charge is 0.476 e. The van der Waals surface area contributed by atoms with Crippen LogP contribution in [0.15, 0.2) is 0 Å². The summed E-state index contributed by atoms with van der Waals surface area (Å²) in [6, 6.07) is 0.602. The van der Waals surface area contributed by atoms with Gasteiger partial charge in [0.05, 0.1) is 12.3 Å². The van der Waals surface area contributed by atoms with E-state index < -0.39 is 0 Å². The number of hydrogen-bond donors (Lipinski definition) is 1. The van der Waals surface area contributed by atoms with Gasteiger partial charge in [-0.1, -0.05) is 0 Å². The number of ether oxygens (including phenoxy) is 1. The number of anilines is 1. The van der Waals surface area contributed by atoms with Crippen molar-refractivity contribution in [2.45, 2.75) is 32.2 Å². The monoisotopic (exact) mass is 270 g/mol. The first-order chi connectivity index (χ1) is 8.58. The molecule has 6 heteroatoms. The van der Waals surface area contributed by atoms with Crippen LogP contribution in [0.3, 0.4) is 0 Å². The van der Waals surface area contributed by atoms with Crippen molar-refractivity contribution < 1.29 is 4.74 Å². The number of aryl methyl sites for hydroxylation is 1. The van der Waals surface area contributed by atoms with Crippen LogP contribution in [0.4, 0.5) is 5.69 Å². The van der Waals surface area contributed by atoms with Crippen molar-refractivity contribution in [3.05, 3.63) is 11.0 Å². The number of nitrogens with two attached hydrogens (primary N) is 1. The maximum Gasteiger partial charge on any atom is 0.241 e. The number of nitrogens with zero attached hydrogens (tertiary/aromatic N) is 3. The Morgan fingerprint density at radius 1 is 1.50 bits per heavy atom. The first kappa shape index (κ1) is 13.4. The Kier molecular flexibility index (Phi) is 4.24. The van der Waals surface area contributed by atoms with Crippen LogP contribution in [0.25, 0.3) is 0 Å². The van der Waals surface area contributed by atoms with Gasteiger partial charge < -0.3 is 15.4 Å². The Morgan fingerprint density at radius 2 is 2.28 bits per heavy atom. The summed E-state index contributed by atoms with van der Waals surface area (Å²) in [5.41, 5.74) is 6.98. The zero-order chi connectivity index (χ0) is 13.1. The SMILES string of the molecule is Cc1nc(Cl)nc(OCCC2CCCN2C)c1N. The van der Waals surface area contributed by atoms with Gasteiger partial charge in [-0.25, -0.2) is 4.98 Å². The van der Waals surface area contributed by atoms with Crippen LogP contribution in [0, 0.1) is 6.92 Å². The maximum absolute atomic E-state index is 5.85. The number of aromatic nitrogens is 2. The molecule has 0 bridgehead atoms. The summed E-state index contributed by atoms with van der Waals surface area (Å²) in [5, 5.41) is 0.176. The van der Waals surface area contributed by atoms with Gasteiger partial charge in [0.15, 0.2) is 0 Å². The quantitative estimate of drug-likeness (QED) is 0.847. The molecule has 1 aromatic rings. The second-order valence-electron chi connectivity index (χ2n) is 4.71. The highest BCUT2D eigenvalue weighted by atomic mass is 35.5. The van der Waals surface area contributed by atoms with Crippen LogP contribution in [-0.2, 0) is 0 Å². The third-order valence-electron chi connectivity index (χ3n) is 3.44. The van der Waals surface area contributed by atoms with Crippen LogP contribution in [-0.4, -0.2) is 41.1 Å². The average Bonchev–Trinajstić information content (AvgIpc) is 2.71. The molecule has 0 spiro atoms. The molecule has 100 valence electrons. The fourth-order valence-corrected chi connectivity index (χ4v) is 2.47. The van der Waals surface area contributed by atoms with Crippen LogP contribution in [0.2, 0.25) is 5.28 Å². The topological polar surface area (TPSA) is 64.3 Å². The first-order valence-electron chi connectivity index (χ1n) is 6.20. The van der Waals surface area contributed by atoms with Gasteiger partial charge in [0, 0.05) is 6.04 Å². The highest BCUT2D eigenvalue weighted by Crippen LogP contribution is 2.24. The predicted molar refractivity (Wildman–Crippen MR) is 72.0 cm³/mol. The second kappa shape index (κ2) is 5.71. The van der Waals surface area contributed by atoms with Gasteiger partial charge in [0.25, 0.3) is 0 Å². The number of halogens is 1. The summed E-state index contributed by atoms with van der Waals surface area (Å²) in [7, 11) is 2.15. The van der Waals surface area contributed by atoms with Gasteiger partial charge in [-0.3, -0.25) is 0 Å². The average molecular weight is 271 g/mol. The van der Waals surface area contributed by atoms with E-state index in [1.54, 1.807) is 6.92 Å². The fraction of sp³-hybridized carbons (Fsp3) is 0.667. The summed E-state index contributed by atoms with van der Waals surface area (Å²) < 4.78 is 5.62. The lowest BCUT2D eigenvalue weighted by molar-refractivity contribution is 0.229. The van der Waals surface area contributed by atoms with Gasteiger partial charge in [-0.15, -0.1) is 0 Å². The molecule has 1 atom stereocenters. The fourth-order valence-electron chi connectivity index (χ4n) is 2.27. The Morgan fingerprint density at radius 3 is 2.94 bits per heavy atom. The highest BCUT2D eigenvalue weighted by Gasteiger charge is 2.20. The number of hydrogen-bond acceptors (Lipinski definition) is 5. The van der Waals surface area contributed by atoms with Crippen molar-refractivity contribution in [1.29, 1.82) is 0 Å². The van der Waals surface area contributed by atoms with E-state index in [-0.39, 0.29) is 5.28 Å². The van der Waals surface area contributed by atoms with Crippen molar-refractivity contribution in [1.82, 2.24) is 14.9 Å². The van der Waals surface area contributed by atoms with Gasteiger partial charge in [0.1, 0.15) is 5.69 Å². The molecule has 2 heterocycles. The molecule has 1 aliphatic heterocycles. The van der Waals surface area contributed by atoms with Crippen LogP contribution in [0.1, 0.15) is 25.0 Å². The van der Waals surface area contributed by atoms with Crippen LogP contribution < -0.4 is 10.5 Å². The second-order valence-corrected chi connectivity index (χ2v) is 5.05. The highest BCUT2D eigenvalue weighted by molar-refractivity contribution is 6.28. The summed E-state index contributed by atoms with van der Waals surface area (Å²) in [5.74, 6) is 0.396. The Hall–Kier alpha value is -1.07. The molecule has 0 aromatic carbocycles. The van der Waals surface area contributed by atoms with E-state index in [1.165, 1.54) is 19.4 Å². The molecule has 0 aliphatic carbocycles. The Labute approximate surface area is 112 Å². The molecule has 1 saturated heterocycles. The lowest BCUT2D eigenvalue weighted by Gasteiger charge is -2.19. The molecular formula is C12H19ClN4O. The third kappa shape index (κ3) is 3.03. The summed E-state index contributed by atoms with van der Waals surface area (Å²) in [6.07, 6.45) is 3.48. The molecule has 1 aliphatic rings. The molecule has 0 amide bonds. The zero-order valence-corrected chi connectivity index (χ0v) is 11.6. The minimum absolute atomic E-state index is 0.176. The van der Waals surface area contributed by atoms with E-state index >= 15 is 0 Å². The van der Waals surface area contributed by atoms with E-state index in [0.717, 1.165) is 6.42 Å². The van der Waals surface area contributed by atoms with Gasteiger partial charge in [-0.05, 0) is 51.4 Å². The molecule has 5 nitrogen and oxygen atoms in total. The molecular weight excluding hydrogens is 252 g/mol. The first-order valence-corrected chi connectivity index (χ1v) is 6.58. The normalized spacial score (nSPS) is 20.3. The Bertz CT molecular complexity index is 427. The van der Waals surface area contributed by atoms with Crippen molar-refractivity contribution in [3.63, 3.8) is 0 Å². The van der Waals surface area contributed by atoms with Gasteiger partial charge in [0.2, 0.25) is 11.2 Å². The summed E-state index contributed by atoms with van der Waals surface area (Å²) >= 11 is 5.79. The molecule has 2 rings (SSSR count). The third-order valence-corrected chi connectivity index (χ3v) is 3.60. The van der Waals surface area contributed by atoms with E-state index in [4.69, 9.17) is 22.1 Å². The van der Waals surface area contributed by atoms with Gasteiger partial charge >= 0.3 is 0 Å². The van der Waals surface area contributed by atoms with Crippen LogP contribution >= 0.6 is 11.6 Å². The van der Waals surface area contributed by atoms with Crippen molar-refractivity contribution >= 4 is 17.3 Å². The van der Waals surface area contributed by atoms with Gasteiger partial charge in [-0.2, -0.15) is 4.98 Å². The van der Waals surface area contributed by atoms with E-state index in [1.807, 2.05) is 0 Å². The van der Waals surface area contributed by atoms with E-state index in [9.17, 15) is 0 Å². The predicted octanol–water partition coefficient (Wildman–Crippen LogP) is 1.88. The molecule has 1 fully saturated rings. The lowest BCUT2D eigenvalue weighted by atomic mass is 10.1. The Balaban J connectivity index is 1.90. The molecule has 1 unspecified atom stereocenters. The molecule has 0 radical (unpaired) electrons. The lowest BCUT2D eigenvalue weighted by Crippen LogP contribution is -2.26. The molecule has 0 saturated carbocycles. The minimum atomic E-state index is 0.176. The molecule has 2 N–H and O–H groups in total. The zero-order valence-electron chi connectivity index (χ0n) is 10.8. The standard InChI is InChI=1S/C12H19ClN4O/c1-8-10(14)11(16-12(13)15-8)18-7-5-9-4-3-6-17(9)2/h9H,3-7,14H2,1-2H3. The summed E-state index contributed by atoms with van der Waals surface area (Å²) in [4.78, 5) is 10.3. The van der Waals surface area contributed by atoms with Crippen molar-refractivity contribution in [2.75, 3.05) is 25.9 Å². The number of rotatable bonds is 4. The maximum atomic E-state index is 5.85. The number of nitrogen functional groups attached to an aromatic ring is 1.